The number of fused-ring (bicyclic) bond motifs is 1. The van der Waals surface area contributed by atoms with Gasteiger partial charge in [-0.15, -0.1) is 0 Å². The van der Waals surface area contributed by atoms with E-state index in [1.54, 1.807) is 6.07 Å². The molecule has 38 heavy (non-hydrogen) atoms. The first kappa shape index (κ1) is 26.4. The lowest BCUT2D eigenvalue weighted by atomic mass is 9.85. The van der Waals surface area contributed by atoms with Crippen LogP contribution in [-0.4, -0.2) is 60.5 Å². The molecule has 1 saturated carbocycles. The number of nitrogens with zero attached hydrogens (tertiary/aromatic N) is 3. The first-order valence-corrected chi connectivity index (χ1v) is 14.8. The van der Waals surface area contributed by atoms with Gasteiger partial charge in [-0.2, -0.15) is 0 Å². The SMILES string of the molecule is CS(=O)(=O)Nc1ccc2oc(C(=O)Nc3ccc(Cl)cn3)c(NC(=O)C3CCC(N4CCCC4)CC3)c2n1. The Morgan fingerprint density at radius 1 is 1.03 bits per heavy atom. The molecule has 3 N–H and O–H groups in total. The van der Waals surface area contributed by atoms with Crippen molar-refractivity contribution in [3.8, 4) is 0 Å². The van der Waals surface area contributed by atoms with E-state index in [2.05, 4.69) is 30.2 Å². The number of sulfonamides is 1. The van der Waals surface area contributed by atoms with Crippen LogP contribution in [0, 0.1) is 5.92 Å². The molecule has 202 valence electrons. The predicted octanol–water partition coefficient (Wildman–Crippen LogP) is 4.09. The maximum Gasteiger partial charge on any atom is 0.294 e. The molecule has 0 spiro atoms. The number of hydrogen-bond donors (Lipinski definition) is 3. The normalized spacial score (nSPS) is 20.4. The monoisotopic (exact) mass is 560 g/mol. The van der Waals surface area contributed by atoms with Gasteiger partial charge in [-0.25, -0.2) is 18.4 Å². The van der Waals surface area contributed by atoms with Crippen LogP contribution in [-0.2, 0) is 14.8 Å². The van der Waals surface area contributed by atoms with Gasteiger partial charge in [0.05, 0.1) is 11.3 Å². The van der Waals surface area contributed by atoms with Crippen LogP contribution in [0.5, 0.6) is 0 Å². The fourth-order valence-corrected chi connectivity index (χ4v) is 5.76. The molecule has 13 heteroatoms. The van der Waals surface area contributed by atoms with Crippen molar-refractivity contribution in [2.75, 3.05) is 34.7 Å². The molecule has 0 unspecified atom stereocenters. The number of anilines is 3. The molecule has 0 atom stereocenters. The maximum absolute atomic E-state index is 13.4. The highest BCUT2D eigenvalue weighted by molar-refractivity contribution is 7.92. The van der Waals surface area contributed by atoms with Crippen LogP contribution < -0.4 is 15.4 Å². The smallest absolute Gasteiger partial charge is 0.294 e. The van der Waals surface area contributed by atoms with Gasteiger partial charge < -0.3 is 20.0 Å². The molecule has 2 fully saturated rings. The van der Waals surface area contributed by atoms with Gasteiger partial charge in [0.25, 0.3) is 5.91 Å². The van der Waals surface area contributed by atoms with Crippen LogP contribution in [0.2, 0.25) is 5.02 Å². The Bertz CT molecular complexity index is 1440. The highest BCUT2D eigenvalue weighted by atomic mass is 35.5. The molecule has 3 aromatic heterocycles. The number of carbonyl (C=O) groups is 2. The first-order valence-electron chi connectivity index (χ1n) is 12.6. The summed E-state index contributed by atoms with van der Waals surface area (Å²) < 4.78 is 31.6. The third-order valence-electron chi connectivity index (χ3n) is 6.97. The van der Waals surface area contributed by atoms with Crippen molar-refractivity contribution >= 4 is 61.9 Å². The van der Waals surface area contributed by atoms with E-state index in [4.69, 9.17) is 16.0 Å². The quantitative estimate of drug-likeness (QED) is 0.391. The second kappa shape index (κ2) is 10.9. The number of hydrogen-bond acceptors (Lipinski definition) is 8. The molecule has 5 rings (SSSR count). The minimum absolute atomic E-state index is 0.0359. The number of nitrogens with one attached hydrogen (secondary N) is 3. The number of furan rings is 1. The summed E-state index contributed by atoms with van der Waals surface area (Å²) in [5, 5.41) is 5.91. The molecule has 1 aliphatic carbocycles. The van der Waals surface area contributed by atoms with Crippen molar-refractivity contribution in [1.29, 1.82) is 0 Å². The maximum atomic E-state index is 13.4. The van der Waals surface area contributed by atoms with Crippen molar-refractivity contribution in [1.82, 2.24) is 14.9 Å². The lowest BCUT2D eigenvalue weighted by Crippen LogP contribution is -2.38. The summed E-state index contributed by atoms with van der Waals surface area (Å²) in [5.74, 6) is -0.985. The van der Waals surface area contributed by atoms with Crippen molar-refractivity contribution in [2.24, 2.45) is 5.92 Å². The van der Waals surface area contributed by atoms with Crippen molar-refractivity contribution in [3.63, 3.8) is 0 Å². The van der Waals surface area contributed by atoms with Gasteiger partial charge in [-0.1, -0.05) is 11.6 Å². The van der Waals surface area contributed by atoms with Gasteiger partial charge in [0.15, 0.2) is 5.58 Å². The second-order valence-electron chi connectivity index (χ2n) is 9.78. The Morgan fingerprint density at radius 2 is 1.74 bits per heavy atom. The molecule has 0 aromatic carbocycles. The molecule has 0 bridgehead atoms. The van der Waals surface area contributed by atoms with E-state index >= 15 is 0 Å². The van der Waals surface area contributed by atoms with E-state index < -0.39 is 15.9 Å². The summed E-state index contributed by atoms with van der Waals surface area (Å²) in [6.45, 7) is 2.25. The van der Waals surface area contributed by atoms with Crippen LogP contribution in [0.15, 0.2) is 34.9 Å². The molecule has 11 nitrogen and oxygen atoms in total. The minimum Gasteiger partial charge on any atom is -0.447 e. The Morgan fingerprint density at radius 3 is 2.39 bits per heavy atom. The zero-order chi connectivity index (χ0) is 26.9. The summed E-state index contributed by atoms with van der Waals surface area (Å²) in [5.41, 5.74) is 0.452. The number of pyridine rings is 2. The number of aromatic nitrogens is 2. The van der Waals surface area contributed by atoms with Crippen LogP contribution in [0.25, 0.3) is 11.1 Å². The molecular formula is C25H29ClN6O5S. The molecule has 2 aliphatic rings. The second-order valence-corrected chi connectivity index (χ2v) is 12.0. The standard InChI is InChI=1S/C25H29ClN6O5S/c1-38(35,36)31-20-11-9-18-21(28-20)22(23(37-18)25(34)29-19-10-6-16(26)14-27-19)30-24(33)15-4-7-17(8-5-15)32-12-2-3-13-32/h6,9-11,14-15,17H,2-5,7-8,12-13H2,1H3,(H,28,31)(H,30,33)(H,27,29,34). The minimum atomic E-state index is -3.60. The lowest BCUT2D eigenvalue weighted by Gasteiger charge is -2.33. The van der Waals surface area contributed by atoms with E-state index in [9.17, 15) is 18.0 Å². The highest BCUT2D eigenvalue weighted by Gasteiger charge is 2.32. The average molecular weight is 561 g/mol. The molecular weight excluding hydrogens is 532 g/mol. The number of halogens is 1. The predicted molar refractivity (Wildman–Crippen MR) is 145 cm³/mol. The van der Waals surface area contributed by atoms with Crippen molar-refractivity contribution < 1.29 is 22.4 Å². The van der Waals surface area contributed by atoms with Gasteiger partial charge in [-0.3, -0.25) is 14.3 Å². The van der Waals surface area contributed by atoms with Crippen LogP contribution in [0.1, 0.15) is 49.1 Å². The summed E-state index contributed by atoms with van der Waals surface area (Å²) in [6.07, 6.45) is 8.23. The van der Waals surface area contributed by atoms with E-state index in [0.29, 0.717) is 11.1 Å². The Hall–Kier alpha value is -3.22. The fourth-order valence-electron chi connectivity index (χ4n) is 5.16. The molecule has 3 aromatic rings. The van der Waals surface area contributed by atoms with Gasteiger partial charge in [-0.05, 0) is 75.9 Å². The average Bonchev–Trinajstić information content (AvgIpc) is 3.53. The van der Waals surface area contributed by atoms with E-state index in [-0.39, 0.29) is 46.0 Å². The number of amides is 2. The number of carbonyl (C=O) groups excluding carboxylic acids is 2. The summed E-state index contributed by atoms with van der Waals surface area (Å²) in [7, 11) is -3.60. The third-order valence-corrected chi connectivity index (χ3v) is 7.78. The third kappa shape index (κ3) is 6.08. The summed E-state index contributed by atoms with van der Waals surface area (Å²) in [6, 6.07) is 6.53. The molecule has 2 amide bonds. The molecule has 0 radical (unpaired) electrons. The van der Waals surface area contributed by atoms with Gasteiger partial charge in [0.2, 0.25) is 21.7 Å². The molecule has 1 saturated heterocycles. The topological polar surface area (TPSA) is 147 Å². The van der Waals surface area contributed by atoms with Gasteiger partial charge in [0, 0.05) is 18.2 Å². The summed E-state index contributed by atoms with van der Waals surface area (Å²) >= 11 is 5.88. The van der Waals surface area contributed by atoms with Crippen molar-refractivity contribution in [2.45, 2.75) is 44.6 Å². The van der Waals surface area contributed by atoms with E-state index in [0.717, 1.165) is 45.0 Å². The number of rotatable bonds is 7. The Labute approximate surface area is 225 Å². The number of likely N-dealkylation sites (tertiary alicyclic amines) is 1. The molecule has 4 heterocycles. The van der Waals surface area contributed by atoms with Crippen LogP contribution in [0.3, 0.4) is 0 Å². The fraction of sp³-hybridized carbons (Fsp3) is 0.440. The van der Waals surface area contributed by atoms with Gasteiger partial charge in [0.1, 0.15) is 22.8 Å². The van der Waals surface area contributed by atoms with Crippen molar-refractivity contribution in [3.05, 3.63) is 41.2 Å². The Kier molecular flexibility index (Phi) is 7.55. The van der Waals surface area contributed by atoms with Crippen LogP contribution in [0.4, 0.5) is 17.3 Å². The zero-order valence-electron chi connectivity index (χ0n) is 20.9. The Balaban J connectivity index is 1.40. The highest BCUT2D eigenvalue weighted by Crippen LogP contribution is 2.34. The lowest BCUT2D eigenvalue weighted by molar-refractivity contribution is -0.121. The van der Waals surface area contributed by atoms with E-state index in [1.807, 2.05) is 0 Å². The van der Waals surface area contributed by atoms with Crippen LogP contribution >= 0.6 is 11.6 Å². The molecule has 1 aliphatic heterocycles. The summed E-state index contributed by atoms with van der Waals surface area (Å²) in [4.78, 5) is 37.4. The zero-order valence-corrected chi connectivity index (χ0v) is 22.4. The van der Waals surface area contributed by atoms with Gasteiger partial charge >= 0.3 is 0 Å². The largest absolute Gasteiger partial charge is 0.447 e. The van der Waals surface area contributed by atoms with E-state index in [1.165, 1.54) is 37.2 Å². The first-order chi connectivity index (χ1) is 18.2.